The number of hydrogen-bond acceptors (Lipinski definition) is 5. The van der Waals surface area contributed by atoms with Crippen molar-refractivity contribution in [1.82, 2.24) is 14.6 Å². The van der Waals surface area contributed by atoms with Crippen molar-refractivity contribution in [3.63, 3.8) is 0 Å². The van der Waals surface area contributed by atoms with E-state index in [1.807, 2.05) is 12.1 Å². The lowest BCUT2D eigenvalue weighted by Crippen LogP contribution is -2.27. The number of alkyl halides is 1. The molecule has 0 radical (unpaired) electrons. The van der Waals surface area contributed by atoms with Crippen molar-refractivity contribution >= 4 is 27.1 Å². The Morgan fingerprint density at radius 1 is 1.10 bits per heavy atom. The van der Waals surface area contributed by atoms with E-state index in [1.54, 1.807) is 48.2 Å². The second-order valence-electron chi connectivity index (χ2n) is 7.12. The number of carbonyl (C=O) groups excluding carboxylic acids is 1. The molecule has 0 unspecified atom stereocenters. The second kappa shape index (κ2) is 7.92. The van der Waals surface area contributed by atoms with Gasteiger partial charge in [0.05, 0.1) is 16.6 Å². The van der Waals surface area contributed by atoms with Crippen LogP contribution in [0.2, 0.25) is 0 Å². The molecule has 7 nitrogen and oxygen atoms in total. The van der Waals surface area contributed by atoms with Crippen molar-refractivity contribution < 1.29 is 17.6 Å². The zero-order valence-electron chi connectivity index (χ0n) is 16.9. The van der Waals surface area contributed by atoms with Gasteiger partial charge < -0.3 is 0 Å². The van der Waals surface area contributed by atoms with Gasteiger partial charge in [-0.2, -0.15) is 5.10 Å². The van der Waals surface area contributed by atoms with Gasteiger partial charge in [-0.25, -0.2) is 22.3 Å². The topological polar surface area (TPSA) is 84.6 Å². The highest BCUT2D eigenvalue weighted by Gasteiger charge is 2.18. The Balaban J connectivity index is 1.66. The van der Waals surface area contributed by atoms with Gasteiger partial charge in [-0.1, -0.05) is 24.3 Å². The first-order chi connectivity index (χ1) is 14.8. The van der Waals surface area contributed by atoms with Crippen LogP contribution in [0.15, 0.2) is 72.0 Å². The number of sulfone groups is 1. The van der Waals surface area contributed by atoms with E-state index in [4.69, 9.17) is 0 Å². The van der Waals surface area contributed by atoms with Gasteiger partial charge in [0.1, 0.15) is 12.5 Å². The highest BCUT2D eigenvalue weighted by atomic mass is 32.2. The lowest BCUT2D eigenvalue weighted by Gasteiger charge is -2.16. The molecule has 3 aromatic heterocycles. The quantitative estimate of drug-likeness (QED) is 0.476. The first kappa shape index (κ1) is 20.7. The van der Waals surface area contributed by atoms with E-state index >= 15 is 0 Å². The Morgan fingerprint density at radius 2 is 1.84 bits per heavy atom. The Hall–Kier alpha value is -3.59. The van der Waals surface area contributed by atoms with Crippen LogP contribution >= 0.6 is 0 Å². The van der Waals surface area contributed by atoms with Crippen LogP contribution in [0.4, 0.5) is 10.2 Å². The molecule has 0 N–H and O–H groups in total. The molecule has 4 rings (SSSR count). The Morgan fingerprint density at radius 3 is 2.45 bits per heavy atom. The molecule has 158 valence electrons. The lowest BCUT2D eigenvalue weighted by molar-refractivity contribution is 0.0992. The van der Waals surface area contributed by atoms with Gasteiger partial charge >= 0.3 is 0 Å². The fraction of sp³-hybridized carbons (Fsp3) is 0.136. The van der Waals surface area contributed by atoms with Gasteiger partial charge in [-0.15, -0.1) is 0 Å². The molecule has 1 amide bonds. The number of rotatable bonds is 5. The number of aromatic nitrogens is 3. The number of pyridine rings is 2. The summed E-state index contributed by atoms with van der Waals surface area (Å²) in [6.45, 7) is -0.529. The van der Waals surface area contributed by atoms with E-state index in [0.717, 1.165) is 22.9 Å². The molecule has 0 aliphatic heterocycles. The number of carbonyl (C=O) groups is 1. The molecule has 0 bridgehead atoms. The molecule has 31 heavy (non-hydrogen) atoms. The summed E-state index contributed by atoms with van der Waals surface area (Å²) >= 11 is 0. The van der Waals surface area contributed by atoms with Gasteiger partial charge in [0.25, 0.3) is 5.91 Å². The molecule has 0 atom stereocenters. The summed E-state index contributed by atoms with van der Waals surface area (Å²) in [6.07, 6.45) is 5.72. The molecule has 3 heterocycles. The van der Waals surface area contributed by atoms with E-state index in [9.17, 15) is 17.6 Å². The SMILES string of the molecule is CN(C(=O)c1ccn2ncc(-c3ccc(CF)cc3)c2c1)c1ccc(S(C)(=O)=O)cn1. The zero-order valence-corrected chi connectivity index (χ0v) is 17.7. The van der Waals surface area contributed by atoms with E-state index in [0.29, 0.717) is 16.9 Å². The van der Waals surface area contributed by atoms with Crippen LogP contribution in [0.1, 0.15) is 15.9 Å². The van der Waals surface area contributed by atoms with Crippen molar-refractivity contribution in [3.05, 3.63) is 78.2 Å². The zero-order chi connectivity index (χ0) is 22.2. The monoisotopic (exact) mass is 438 g/mol. The molecular weight excluding hydrogens is 419 g/mol. The molecule has 9 heteroatoms. The van der Waals surface area contributed by atoms with Crippen molar-refractivity contribution in [1.29, 1.82) is 0 Å². The summed E-state index contributed by atoms with van der Waals surface area (Å²) in [6, 6.07) is 13.4. The highest BCUT2D eigenvalue weighted by molar-refractivity contribution is 7.90. The van der Waals surface area contributed by atoms with E-state index in [-0.39, 0.29) is 10.8 Å². The van der Waals surface area contributed by atoms with Gasteiger partial charge in [-0.05, 0) is 35.4 Å². The number of benzene rings is 1. The van der Waals surface area contributed by atoms with Gasteiger partial charge in [0.2, 0.25) is 0 Å². The number of anilines is 1. The fourth-order valence-electron chi connectivity index (χ4n) is 3.20. The molecule has 0 saturated heterocycles. The molecule has 0 aliphatic carbocycles. The molecule has 1 aromatic carbocycles. The van der Waals surface area contributed by atoms with E-state index in [2.05, 4.69) is 10.1 Å². The van der Waals surface area contributed by atoms with E-state index < -0.39 is 16.5 Å². The number of nitrogens with zero attached hydrogens (tertiary/aromatic N) is 4. The van der Waals surface area contributed by atoms with Crippen LogP contribution in [0.25, 0.3) is 16.6 Å². The first-order valence-corrected chi connectivity index (χ1v) is 11.2. The van der Waals surface area contributed by atoms with Gasteiger partial charge in [-0.3, -0.25) is 9.69 Å². The standard InChI is InChI=1S/C22H19FN4O3S/c1-26(21-8-7-18(13-24-21)31(2,29)30)22(28)17-9-10-27-20(11-17)19(14-25-27)16-5-3-15(12-23)4-6-16/h3-11,13-14H,12H2,1-2H3. The Kier molecular flexibility index (Phi) is 5.28. The molecular formula is C22H19FN4O3S. The van der Waals surface area contributed by atoms with E-state index in [1.165, 1.54) is 23.2 Å². The third-order valence-electron chi connectivity index (χ3n) is 4.98. The number of halogens is 1. The molecule has 0 saturated carbocycles. The average molecular weight is 438 g/mol. The van der Waals surface area contributed by atoms with Crippen molar-refractivity contribution in [3.8, 4) is 11.1 Å². The van der Waals surface area contributed by atoms with Crippen LogP contribution in [0.5, 0.6) is 0 Å². The van der Waals surface area contributed by atoms with Crippen LogP contribution in [0, 0.1) is 0 Å². The molecule has 0 fully saturated rings. The number of fused-ring (bicyclic) bond motifs is 1. The minimum Gasteiger partial charge on any atom is -0.296 e. The number of amides is 1. The summed E-state index contributed by atoms with van der Waals surface area (Å²) in [4.78, 5) is 18.6. The molecule has 4 aromatic rings. The molecule has 0 aliphatic rings. The average Bonchev–Trinajstić information content (AvgIpc) is 3.21. The second-order valence-corrected chi connectivity index (χ2v) is 9.14. The minimum atomic E-state index is -3.37. The van der Waals surface area contributed by atoms with Crippen molar-refractivity contribution in [2.24, 2.45) is 0 Å². The maximum atomic E-state index is 13.0. The Bertz CT molecular complexity index is 1360. The van der Waals surface area contributed by atoms with Gasteiger partial charge in [0, 0.05) is 36.8 Å². The smallest absolute Gasteiger partial charge is 0.259 e. The predicted octanol–water partition coefficient (Wildman–Crippen LogP) is 3.55. The Labute approximate surface area is 178 Å². The van der Waals surface area contributed by atoms with Crippen LogP contribution in [-0.2, 0) is 16.5 Å². The lowest BCUT2D eigenvalue weighted by atomic mass is 10.0. The minimum absolute atomic E-state index is 0.0844. The summed E-state index contributed by atoms with van der Waals surface area (Å²) in [5, 5.41) is 4.32. The van der Waals surface area contributed by atoms with Crippen LogP contribution in [0.3, 0.4) is 0 Å². The summed E-state index contributed by atoms with van der Waals surface area (Å²) in [5.41, 5.74) is 3.42. The van der Waals surface area contributed by atoms with Crippen molar-refractivity contribution in [2.75, 3.05) is 18.2 Å². The fourth-order valence-corrected chi connectivity index (χ4v) is 3.76. The van der Waals surface area contributed by atoms with Gasteiger partial charge in [0.15, 0.2) is 9.84 Å². The normalized spacial score (nSPS) is 11.6. The summed E-state index contributed by atoms with van der Waals surface area (Å²) in [7, 11) is -1.80. The molecule has 0 spiro atoms. The summed E-state index contributed by atoms with van der Waals surface area (Å²) < 4.78 is 37.7. The third kappa shape index (κ3) is 4.04. The maximum Gasteiger partial charge on any atom is 0.259 e. The van der Waals surface area contributed by atoms with Crippen LogP contribution in [-0.4, -0.2) is 42.2 Å². The number of hydrogen-bond donors (Lipinski definition) is 0. The van der Waals surface area contributed by atoms with Crippen LogP contribution < -0.4 is 4.90 Å². The largest absolute Gasteiger partial charge is 0.296 e. The first-order valence-electron chi connectivity index (χ1n) is 9.35. The predicted molar refractivity (Wildman–Crippen MR) is 116 cm³/mol. The summed E-state index contributed by atoms with van der Waals surface area (Å²) in [5.74, 6) is 0.0230. The highest BCUT2D eigenvalue weighted by Crippen LogP contribution is 2.26. The van der Waals surface area contributed by atoms with Crippen molar-refractivity contribution in [2.45, 2.75) is 11.6 Å². The third-order valence-corrected chi connectivity index (χ3v) is 6.08. The maximum absolute atomic E-state index is 13.0.